The molecule has 8 heteroatoms. The fraction of sp³-hybridized carbons (Fsp3) is 0.292. The molecule has 3 aromatic rings. The van der Waals surface area contributed by atoms with E-state index in [2.05, 4.69) is 4.98 Å². The van der Waals surface area contributed by atoms with Gasteiger partial charge in [0.25, 0.3) is 5.91 Å². The van der Waals surface area contributed by atoms with Gasteiger partial charge in [0.1, 0.15) is 5.82 Å². The van der Waals surface area contributed by atoms with Crippen molar-refractivity contribution in [2.45, 2.75) is 18.9 Å². The van der Waals surface area contributed by atoms with Gasteiger partial charge in [-0.25, -0.2) is 18.7 Å². The van der Waals surface area contributed by atoms with Crippen molar-refractivity contribution >= 4 is 11.9 Å². The molecule has 0 aliphatic carbocycles. The molecule has 1 saturated heterocycles. The third-order valence-electron chi connectivity index (χ3n) is 5.44. The molecule has 166 valence electrons. The van der Waals surface area contributed by atoms with Crippen LogP contribution in [0.5, 0.6) is 5.75 Å². The van der Waals surface area contributed by atoms with Crippen molar-refractivity contribution in [2.75, 3.05) is 32.1 Å². The molecular weight excluding hydrogens is 414 g/mol. The summed E-state index contributed by atoms with van der Waals surface area (Å²) >= 11 is 0. The Balaban J connectivity index is 1.63. The molecule has 0 bridgehead atoms. The van der Waals surface area contributed by atoms with E-state index >= 15 is 0 Å². The maximum absolute atomic E-state index is 13.8. The number of likely N-dealkylation sites (tertiary alicyclic amines) is 1. The number of para-hydroxylation sites is 1. The van der Waals surface area contributed by atoms with Crippen LogP contribution in [-0.2, 0) is 4.79 Å². The maximum Gasteiger partial charge on any atom is 0.261 e. The molecule has 1 aromatic heterocycles. The molecule has 1 aliphatic heterocycles. The highest BCUT2D eigenvalue weighted by Gasteiger charge is 2.33. The molecule has 1 aliphatic rings. The van der Waals surface area contributed by atoms with Crippen molar-refractivity contribution in [3.63, 3.8) is 0 Å². The van der Waals surface area contributed by atoms with Crippen LogP contribution in [0.25, 0.3) is 11.1 Å². The van der Waals surface area contributed by atoms with Gasteiger partial charge in [0.05, 0.1) is 11.7 Å². The molecule has 6 nitrogen and oxygen atoms in total. The molecule has 0 radical (unpaired) electrons. The zero-order valence-electron chi connectivity index (χ0n) is 18.0. The van der Waals surface area contributed by atoms with E-state index in [9.17, 15) is 13.6 Å². The van der Waals surface area contributed by atoms with Crippen LogP contribution in [0.1, 0.15) is 24.6 Å². The number of ether oxygens (including phenoxy) is 1. The van der Waals surface area contributed by atoms with Gasteiger partial charge in [-0.3, -0.25) is 4.79 Å². The molecule has 0 N–H and O–H groups in total. The third kappa shape index (κ3) is 4.54. The first-order chi connectivity index (χ1) is 15.4. The normalized spacial score (nSPS) is 15.6. The third-order valence-corrected chi connectivity index (χ3v) is 5.44. The number of anilines is 1. The number of halogens is 2. The Labute approximate surface area is 185 Å². The van der Waals surface area contributed by atoms with Gasteiger partial charge in [-0.1, -0.05) is 24.3 Å². The second-order valence-corrected chi connectivity index (χ2v) is 7.83. The van der Waals surface area contributed by atoms with Gasteiger partial charge in [-0.2, -0.15) is 0 Å². The van der Waals surface area contributed by atoms with Gasteiger partial charge >= 0.3 is 0 Å². The Hall–Kier alpha value is -3.55. The van der Waals surface area contributed by atoms with Gasteiger partial charge in [-0.05, 0) is 42.7 Å². The molecule has 4 rings (SSSR count). The smallest absolute Gasteiger partial charge is 0.261 e. The van der Waals surface area contributed by atoms with E-state index < -0.39 is 5.82 Å². The molecule has 1 atom stereocenters. The molecular formula is C24H24F2N4O2. The van der Waals surface area contributed by atoms with Gasteiger partial charge in [0.15, 0.2) is 18.2 Å². The predicted octanol–water partition coefficient (Wildman–Crippen LogP) is 4.23. The lowest BCUT2D eigenvalue weighted by Crippen LogP contribution is -2.35. The summed E-state index contributed by atoms with van der Waals surface area (Å²) in [6.07, 6.45) is 3.24. The second kappa shape index (κ2) is 9.30. The summed E-state index contributed by atoms with van der Waals surface area (Å²) in [6, 6.07) is 11.8. The van der Waals surface area contributed by atoms with E-state index in [-0.39, 0.29) is 30.1 Å². The second-order valence-electron chi connectivity index (χ2n) is 7.83. The minimum atomic E-state index is -0.511. The number of hydrogen-bond donors (Lipinski definition) is 0. The largest absolute Gasteiger partial charge is 0.481 e. The molecule has 1 amide bonds. The first kappa shape index (κ1) is 21.7. The molecule has 1 fully saturated rings. The summed E-state index contributed by atoms with van der Waals surface area (Å²) < 4.78 is 32.7. The minimum absolute atomic E-state index is 0.0422. The Bertz CT molecular complexity index is 1110. The Kier molecular flexibility index (Phi) is 6.30. The Morgan fingerprint density at radius 3 is 2.62 bits per heavy atom. The number of rotatable bonds is 6. The number of aromatic nitrogens is 2. The van der Waals surface area contributed by atoms with E-state index in [0.717, 1.165) is 24.0 Å². The van der Waals surface area contributed by atoms with Crippen molar-refractivity contribution in [2.24, 2.45) is 0 Å². The van der Waals surface area contributed by atoms with Crippen LogP contribution in [0.4, 0.5) is 14.7 Å². The minimum Gasteiger partial charge on any atom is -0.481 e. The van der Waals surface area contributed by atoms with Crippen LogP contribution in [0.3, 0.4) is 0 Å². The quantitative estimate of drug-likeness (QED) is 0.577. The number of benzene rings is 2. The van der Waals surface area contributed by atoms with Gasteiger partial charge in [-0.15, -0.1) is 0 Å². The lowest BCUT2D eigenvalue weighted by molar-refractivity contribution is -0.134. The average Bonchev–Trinajstić information content (AvgIpc) is 3.28. The lowest BCUT2D eigenvalue weighted by Gasteiger charge is -2.27. The number of amides is 1. The number of carbonyl (C=O) groups excluding carboxylic acids is 1. The van der Waals surface area contributed by atoms with E-state index in [4.69, 9.17) is 9.72 Å². The summed E-state index contributed by atoms with van der Waals surface area (Å²) in [5.41, 5.74) is 2.22. The zero-order chi connectivity index (χ0) is 22.7. The number of carbonyl (C=O) groups is 1. The van der Waals surface area contributed by atoms with Gasteiger partial charge in [0, 0.05) is 32.4 Å². The van der Waals surface area contributed by atoms with Crippen molar-refractivity contribution in [3.8, 4) is 16.9 Å². The Morgan fingerprint density at radius 1 is 1.16 bits per heavy atom. The topological polar surface area (TPSA) is 58.6 Å². The summed E-state index contributed by atoms with van der Waals surface area (Å²) in [4.78, 5) is 25.7. The summed E-state index contributed by atoms with van der Waals surface area (Å²) in [5, 5.41) is 0. The van der Waals surface area contributed by atoms with Crippen LogP contribution in [0, 0.1) is 11.6 Å². The molecule has 0 unspecified atom stereocenters. The first-order valence-electron chi connectivity index (χ1n) is 10.4. The lowest BCUT2D eigenvalue weighted by atomic mass is 10.00. The van der Waals surface area contributed by atoms with Crippen LogP contribution < -0.4 is 9.64 Å². The maximum atomic E-state index is 13.8. The average molecular weight is 438 g/mol. The van der Waals surface area contributed by atoms with Crippen LogP contribution in [0.15, 0.2) is 54.7 Å². The summed E-state index contributed by atoms with van der Waals surface area (Å²) in [5.74, 6) is -0.522. The SMILES string of the molecule is CN(C)c1ncc(-c2ccc(F)cc2)c([C@@H]2CCCN2C(=O)COc2ccccc2F)n1. The van der Waals surface area contributed by atoms with Crippen molar-refractivity contribution < 1.29 is 18.3 Å². The summed E-state index contributed by atoms with van der Waals surface area (Å²) in [7, 11) is 3.69. The van der Waals surface area contributed by atoms with Gasteiger partial charge < -0.3 is 14.5 Å². The number of hydrogen-bond acceptors (Lipinski definition) is 5. The highest BCUT2D eigenvalue weighted by Crippen LogP contribution is 2.37. The predicted molar refractivity (Wildman–Crippen MR) is 117 cm³/mol. The molecule has 2 aromatic carbocycles. The highest BCUT2D eigenvalue weighted by atomic mass is 19.1. The Morgan fingerprint density at radius 2 is 1.91 bits per heavy atom. The number of nitrogens with zero attached hydrogens (tertiary/aromatic N) is 4. The van der Waals surface area contributed by atoms with E-state index in [0.29, 0.717) is 18.2 Å². The van der Waals surface area contributed by atoms with Crippen molar-refractivity contribution in [3.05, 3.63) is 72.1 Å². The zero-order valence-corrected chi connectivity index (χ0v) is 18.0. The monoisotopic (exact) mass is 438 g/mol. The molecule has 32 heavy (non-hydrogen) atoms. The van der Waals surface area contributed by atoms with E-state index in [1.54, 1.807) is 40.3 Å². The standard InChI is InChI=1S/C24H24F2N4O2/c1-29(2)24-27-14-18(16-9-11-17(25)12-10-16)23(28-24)20-7-5-13-30(20)22(31)15-32-21-8-4-3-6-19(21)26/h3-4,6,8-12,14,20H,5,7,13,15H2,1-2H3/t20-/m0/s1. The molecule has 0 saturated carbocycles. The first-order valence-corrected chi connectivity index (χ1v) is 10.4. The van der Waals surface area contributed by atoms with Crippen LogP contribution >= 0.6 is 0 Å². The van der Waals surface area contributed by atoms with Crippen molar-refractivity contribution in [1.29, 1.82) is 0 Å². The van der Waals surface area contributed by atoms with E-state index in [1.165, 1.54) is 24.3 Å². The van der Waals surface area contributed by atoms with Gasteiger partial charge in [0.2, 0.25) is 5.95 Å². The molecule has 0 spiro atoms. The molecule has 2 heterocycles. The fourth-order valence-electron chi connectivity index (χ4n) is 3.84. The van der Waals surface area contributed by atoms with E-state index in [1.807, 2.05) is 14.1 Å². The van der Waals surface area contributed by atoms with Crippen LogP contribution in [0.2, 0.25) is 0 Å². The van der Waals surface area contributed by atoms with Crippen LogP contribution in [-0.4, -0.2) is 48.0 Å². The highest BCUT2D eigenvalue weighted by molar-refractivity contribution is 5.79. The van der Waals surface area contributed by atoms with Crippen molar-refractivity contribution in [1.82, 2.24) is 14.9 Å². The summed E-state index contributed by atoms with van der Waals surface area (Å²) in [6.45, 7) is 0.281. The fourth-order valence-corrected chi connectivity index (χ4v) is 3.84.